The van der Waals surface area contributed by atoms with Gasteiger partial charge >= 0.3 is 0 Å². The van der Waals surface area contributed by atoms with Gasteiger partial charge in [0.25, 0.3) is 0 Å². The summed E-state index contributed by atoms with van der Waals surface area (Å²) in [6.07, 6.45) is 21.2. The van der Waals surface area contributed by atoms with E-state index in [0.29, 0.717) is 5.92 Å². The highest BCUT2D eigenvalue weighted by molar-refractivity contribution is 5.84. The number of fused-ring (bicyclic) bond motifs is 4. The molecule has 0 saturated carbocycles. The number of allylic oxidation sites excluding steroid dienone is 7. The average Bonchev–Trinajstić information content (AvgIpc) is 3.57. The molecule has 2 nitrogen and oxygen atoms in total. The van der Waals surface area contributed by atoms with Crippen LogP contribution in [0.2, 0.25) is 0 Å². The quantitative estimate of drug-likeness (QED) is 0.184. The van der Waals surface area contributed by atoms with E-state index in [4.69, 9.17) is 4.74 Å². The highest BCUT2D eigenvalue weighted by Crippen LogP contribution is 2.53. The second-order valence-corrected chi connectivity index (χ2v) is 13.6. The van der Waals surface area contributed by atoms with E-state index in [1.165, 1.54) is 55.9 Å². The normalized spacial score (nSPS) is 20.1. The third-order valence-electron chi connectivity index (χ3n) is 10.6. The van der Waals surface area contributed by atoms with Crippen molar-refractivity contribution in [1.29, 1.82) is 0 Å². The summed E-state index contributed by atoms with van der Waals surface area (Å²) in [4.78, 5) is 2.47. The van der Waals surface area contributed by atoms with Gasteiger partial charge in [-0.15, -0.1) is 0 Å². The van der Waals surface area contributed by atoms with E-state index in [2.05, 4.69) is 176 Å². The summed E-state index contributed by atoms with van der Waals surface area (Å²) in [6, 6.07) is 42.5. The van der Waals surface area contributed by atoms with Gasteiger partial charge in [0.15, 0.2) is 0 Å². The molecule has 0 amide bonds. The Morgan fingerprint density at radius 2 is 1.43 bits per heavy atom. The van der Waals surface area contributed by atoms with Crippen molar-refractivity contribution in [2.24, 2.45) is 5.92 Å². The zero-order chi connectivity index (χ0) is 32.7. The first-order valence-electron chi connectivity index (χ1n) is 17.6. The molecule has 49 heavy (non-hydrogen) atoms. The number of para-hydroxylation sites is 1. The van der Waals surface area contributed by atoms with Crippen LogP contribution in [0, 0.1) is 5.92 Å². The minimum Gasteiger partial charge on any atom is -0.459 e. The van der Waals surface area contributed by atoms with Crippen molar-refractivity contribution >= 4 is 23.0 Å². The molecule has 0 bridgehead atoms. The number of aryl methyl sites for hydroxylation is 1. The molecule has 4 aliphatic rings. The molecule has 5 aromatic rings. The number of anilines is 2. The number of ether oxygens (including phenoxy) is 1. The Kier molecular flexibility index (Phi) is 7.50. The first-order valence-corrected chi connectivity index (χ1v) is 17.6. The third kappa shape index (κ3) is 5.38. The summed E-state index contributed by atoms with van der Waals surface area (Å²) < 4.78 is 6.85. The lowest BCUT2D eigenvalue weighted by molar-refractivity contribution is 0.409. The Morgan fingerprint density at radius 3 is 2.20 bits per heavy atom. The van der Waals surface area contributed by atoms with Crippen molar-refractivity contribution in [3.63, 3.8) is 0 Å². The van der Waals surface area contributed by atoms with E-state index in [9.17, 15) is 0 Å². The van der Waals surface area contributed by atoms with E-state index < -0.39 is 0 Å². The lowest BCUT2D eigenvalue weighted by atomic mass is 9.80. The summed E-state index contributed by atoms with van der Waals surface area (Å²) in [6.45, 7) is 2.30. The molecule has 1 heterocycles. The Balaban J connectivity index is 1.04. The molecule has 3 atom stereocenters. The van der Waals surface area contributed by atoms with Crippen LogP contribution in [0.15, 0.2) is 164 Å². The summed E-state index contributed by atoms with van der Waals surface area (Å²) in [5.74, 6) is 2.62. The van der Waals surface area contributed by atoms with E-state index in [1.54, 1.807) is 0 Å². The minimum atomic E-state index is 0.207. The van der Waals surface area contributed by atoms with Crippen molar-refractivity contribution in [1.82, 2.24) is 0 Å². The highest BCUT2D eigenvalue weighted by Gasteiger charge is 2.38. The van der Waals surface area contributed by atoms with Gasteiger partial charge in [-0.2, -0.15) is 0 Å². The molecule has 0 spiro atoms. The Bertz CT molecular complexity index is 2180. The van der Waals surface area contributed by atoms with E-state index in [1.807, 2.05) is 0 Å². The van der Waals surface area contributed by atoms with E-state index in [0.717, 1.165) is 36.3 Å². The molecule has 3 aliphatic carbocycles. The molecule has 5 aromatic carbocycles. The Hall–Kier alpha value is -5.60. The third-order valence-corrected chi connectivity index (χ3v) is 10.6. The summed E-state index contributed by atoms with van der Waals surface area (Å²) >= 11 is 0. The van der Waals surface area contributed by atoms with Crippen LogP contribution in [-0.2, 0) is 6.42 Å². The second kappa shape index (κ2) is 12.5. The average molecular weight is 634 g/mol. The topological polar surface area (TPSA) is 12.5 Å². The largest absolute Gasteiger partial charge is 0.459 e. The van der Waals surface area contributed by atoms with Crippen LogP contribution < -0.4 is 9.64 Å². The van der Waals surface area contributed by atoms with Gasteiger partial charge < -0.3 is 9.64 Å². The minimum absolute atomic E-state index is 0.207. The fraction of sp³-hybridized carbons (Fsp3) is 0.149. The van der Waals surface area contributed by atoms with Crippen LogP contribution in [0.4, 0.5) is 11.4 Å². The maximum Gasteiger partial charge on any atom is 0.138 e. The van der Waals surface area contributed by atoms with Crippen LogP contribution in [0.5, 0.6) is 5.75 Å². The molecule has 2 heteroatoms. The predicted molar refractivity (Wildman–Crippen MR) is 205 cm³/mol. The van der Waals surface area contributed by atoms with Gasteiger partial charge in [0, 0.05) is 28.1 Å². The summed E-state index contributed by atoms with van der Waals surface area (Å²) in [5, 5.41) is 0. The predicted octanol–water partition coefficient (Wildman–Crippen LogP) is 12.1. The number of hydrogen-bond donors (Lipinski definition) is 0. The van der Waals surface area contributed by atoms with Crippen LogP contribution in [-0.4, -0.2) is 6.04 Å². The van der Waals surface area contributed by atoms with Gasteiger partial charge in [0.05, 0.1) is 12.0 Å². The van der Waals surface area contributed by atoms with Gasteiger partial charge in [-0.05, 0) is 82.8 Å². The molecular formula is C47H39NO. The van der Waals surface area contributed by atoms with Gasteiger partial charge in [0.2, 0.25) is 0 Å². The fourth-order valence-corrected chi connectivity index (χ4v) is 8.02. The Morgan fingerprint density at radius 1 is 0.653 bits per heavy atom. The highest BCUT2D eigenvalue weighted by atomic mass is 16.5. The lowest BCUT2D eigenvalue weighted by Crippen LogP contribution is -2.29. The molecule has 9 rings (SSSR count). The van der Waals surface area contributed by atoms with Crippen LogP contribution >= 0.6 is 0 Å². The summed E-state index contributed by atoms with van der Waals surface area (Å²) in [7, 11) is 0. The molecule has 0 aromatic heterocycles. The molecule has 238 valence electrons. The fourth-order valence-electron chi connectivity index (χ4n) is 8.02. The maximum absolute atomic E-state index is 6.85. The molecule has 0 fully saturated rings. The van der Waals surface area contributed by atoms with Gasteiger partial charge in [0.1, 0.15) is 11.5 Å². The van der Waals surface area contributed by atoms with Crippen LogP contribution in [0.25, 0.3) is 33.9 Å². The van der Waals surface area contributed by atoms with Crippen LogP contribution in [0.1, 0.15) is 47.9 Å². The molecule has 0 radical (unpaired) electrons. The van der Waals surface area contributed by atoms with Crippen molar-refractivity contribution in [3.8, 4) is 28.0 Å². The summed E-state index contributed by atoms with van der Waals surface area (Å²) in [5.41, 5.74) is 13.7. The Labute approximate surface area is 289 Å². The SMILES string of the molecule is CC1C=CC(c2ccc(N(c3ccc(-c4ccc5c(c4)CCC=C5)cc3)C3C=CC=CC3)cc2)=C2Oc3c(-c4ccccc4)cccc3C21. The van der Waals surface area contributed by atoms with Crippen LogP contribution in [0.3, 0.4) is 0 Å². The number of hydrogen-bond acceptors (Lipinski definition) is 2. The number of benzene rings is 5. The van der Waals surface area contributed by atoms with Crippen molar-refractivity contribution < 1.29 is 4.74 Å². The van der Waals surface area contributed by atoms with Gasteiger partial charge in [-0.25, -0.2) is 0 Å². The number of nitrogens with zero attached hydrogens (tertiary/aromatic N) is 1. The van der Waals surface area contributed by atoms with Crippen molar-refractivity contribution in [2.45, 2.75) is 38.1 Å². The molecule has 0 saturated heterocycles. The molecular weight excluding hydrogens is 595 g/mol. The zero-order valence-electron chi connectivity index (χ0n) is 27.8. The maximum atomic E-state index is 6.85. The van der Waals surface area contributed by atoms with Crippen molar-refractivity contribution in [3.05, 3.63) is 186 Å². The molecule has 3 unspecified atom stereocenters. The lowest BCUT2D eigenvalue weighted by Gasteiger charge is -2.33. The van der Waals surface area contributed by atoms with E-state index >= 15 is 0 Å². The van der Waals surface area contributed by atoms with Gasteiger partial charge in [-0.1, -0.05) is 147 Å². The van der Waals surface area contributed by atoms with E-state index in [-0.39, 0.29) is 12.0 Å². The second-order valence-electron chi connectivity index (χ2n) is 13.6. The first kappa shape index (κ1) is 29.5. The smallest absolute Gasteiger partial charge is 0.138 e. The standard InChI is InChI=1S/C47H39NO/c1-32-19-30-43(47-45(32)44-18-10-17-42(46(44)49-47)35-12-4-2-5-13-35)36-24-28-41(29-25-36)48(39-15-6-3-7-16-39)40-26-22-34(23-27-40)38-21-20-33-11-8-9-14-37(33)31-38/h2-8,10-13,15,17-32,39,45H,9,14,16H2,1H3. The first-order chi connectivity index (χ1) is 24.2. The number of rotatable bonds is 6. The monoisotopic (exact) mass is 633 g/mol. The molecule has 0 N–H and O–H groups in total. The van der Waals surface area contributed by atoms with Crippen molar-refractivity contribution in [2.75, 3.05) is 4.90 Å². The zero-order valence-corrected chi connectivity index (χ0v) is 27.8. The molecule has 1 aliphatic heterocycles. The van der Waals surface area contributed by atoms with Gasteiger partial charge in [-0.3, -0.25) is 0 Å².